The molecule has 2 rings (SSSR count). The zero-order chi connectivity index (χ0) is 19.8. The molecule has 0 heterocycles. The van der Waals surface area contributed by atoms with E-state index in [2.05, 4.69) is 24.5 Å². The number of ether oxygens (including phenoxy) is 1. The third kappa shape index (κ3) is 6.61. The molecule has 0 aliphatic heterocycles. The molecule has 6 heteroatoms. The molecule has 2 N–H and O–H groups in total. The summed E-state index contributed by atoms with van der Waals surface area (Å²) in [6.07, 6.45) is 1.11. The second-order valence-electron chi connectivity index (χ2n) is 6.71. The molecular formula is C21H25ClN2O3. The van der Waals surface area contributed by atoms with Gasteiger partial charge in [-0.15, -0.1) is 0 Å². The summed E-state index contributed by atoms with van der Waals surface area (Å²) in [4.78, 5) is 24.6. The molecule has 0 radical (unpaired) electrons. The van der Waals surface area contributed by atoms with Gasteiger partial charge in [-0.1, -0.05) is 37.6 Å². The van der Waals surface area contributed by atoms with Gasteiger partial charge in [-0.3, -0.25) is 9.59 Å². The first kappa shape index (κ1) is 20.8. The third-order valence-electron chi connectivity index (χ3n) is 4.03. The molecule has 0 saturated heterocycles. The molecule has 0 aliphatic carbocycles. The number of halogens is 1. The highest BCUT2D eigenvalue weighted by Gasteiger charge is 2.12. The predicted molar refractivity (Wildman–Crippen MR) is 109 cm³/mol. The van der Waals surface area contributed by atoms with E-state index in [1.165, 1.54) is 0 Å². The third-order valence-corrected chi connectivity index (χ3v) is 4.36. The topological polar surface area (TPSA) is 67.4 Å². The van der Waals surface area contributed by atoms with Crippen molar-refractivity contribution in [2.75, 3.05) is 19.0 Å². The Bertz CT molecular complexity index is 789. The van der Waals surface area contributed by atoms with Crippen molar-refractivity contribution >= 4 is 29.1 Å². The van der Waals surface area contributed by atoms with Crippen LogP contribution in [0.25, 0.3) is 0 Å². The molecule has 2 aromatic rings. The van der Waals surface area contributed by atoms with Crippen molar-refractivity contribution in [3.8, 4) is 5.75 Å². The maximum Gasteiger partial charge on any atom is 0.251 e. The van der Waals surface area contributed by atoms with E-state index < -0.39 is 0 Å². The highest BCUT2D eigenvalue weighted by molar-refractivity contribution is 6.33. The van der Waals surface area contributed by atoms with Gasteiger partial charge in [0.05, 0.1) is 24.2 Å². The first-order chi connectivity index (χ1) is 12.9. The minimum atomic E-state index is -0.209. The zero-order valence-electron chi connectivity index (χ0n) is 15.8. The van der Waals surface area contributed by atoms with Crippen LogP contribution in [0.5, 0.6) is 5.75 Å². The Morgan fingerprint density at radius 1 is 1.11 bits per heavy atom. The molecule has 0 bridgehead atoms. The molecule has 0 aliphatic rings. The number of carbonyl (C=O) groups is 2. The smallest absolute Gasteiger partial charge is 0.251 e. The van der Waals surface area contributed by atoms with Crippen LogP contribution in [-0.2, 0) is 11.2 Å². The molecule has 0 fully saturated rings. The van der Waals surface area contributed by atoms with E-state index in [9.17, 15) is 9.59 Å². The number of anilines is 1. The number of amides is 2. The van der Waals surface area contributed by atoms with Crippen molar-refractivity contribution < 1.29 is 14.3 Å². The van der Waals surface area contributed by atoms with Gasteiger partial charge >= 0.3 is 0 Å². The summed E-state index contributed by atoms with van der Waals surface area (Å²) in [6, 6.07) is 12.1. The largest absolute Gasteiger partial charge is 0.497 e. The fourth-order valence-electron chi connectivity index (χ4n) is 2.46. The van der Waals surface area contributed by atoms with Crippen molar-refractivity contribution in [2.45, 2.75) is 26.7 Å². The fourth-order valence-corrected chi connectivity index (χ4v) is 2.63. The zero-order valence-corrected chi connectivity index (χ0v) is 16.6. The van der Waals surface area contributed by atoms with Gasteiger partial charge in [0.25, 0.3) is 5.91 Å². The Kier molecular flexibility index (Phi) is 7.67. The molecule has 2 aromatic carbocycles. The summed E-state index contributed by atoms with van der Waals surface area (Å²) >= 11 is 6.17. The Hall–Kier alpha value is -2.53. The molecule has 0 spiro atoms. The number of carbonyl (C=O) groups excluding carboxylic acids is 2. The predicted octanol–water partition coefficient (Wildman–Crippen LogP) is 4.31. The molecule has 0 atom stereocenters. The van der Waals surface area contributed by atoms with Gasteiger partial charge < -0.3 is 15.4 Å². The number of hydrogen-bond acceptors (Lipinski definition) is 3. The second kappa shape index (κ2) is 9.97. The summed E-state index contributed by atoms with van der Waals surface area (Å²) in [6.45, 7) is 4.81. The minimum absolute atomic E-state index is 0.182. The van der Waals surface area contributed by atoms with E-state index in [1.54, 1.807) is 37.4 Å². The van der Waals surface area contributed by atoms with Gasteiger partial charge in [-0.2, -0.15) is 0 Å². The van der Waals surface area contributed by atoms with Gasteiger partial charge in [-0.05, 0) is 48.2 Å². The van der Waals surface area contributed by atoms with Crippen molar-refractivity contribution in [3.05, 3.63) is 58.6 Å². The van der Waals surface area contributed by atoms with Crippen LogP contribution in [0.1, 0.15) is 36.2 Å². The Morgan fingerprint density at radius 3 is 2.44 bits per heavy atom. The standard InChI is InChI=1S/C21H25ClN2O3/c1-14(2)10-11-23-21(26)16-6-9-18(22)19(13-16)24-20(25)12-15-4-7-17(27-3)8-5-15/h4-9,13-14H,10-12H2,1-3H3,(H,23,26)(H,24,25). The van der Waals surface area contributed by atoms with Crippen molar-refractivity contribution in [1.29, 1.82) is 0 Å². The average molecular weight is 389 g/mol. The summed E-state index contributed by atoms with van der Waals surface area (Å²) in [7, 11) is 1.59. The van der Waals surface area contributed by atoms with Crippen LogP contribution in [0, 0.1) is 5.92 Å². The molecule has 0 saturated carbocycles. The number of hydrogen-bond donors (Lipinski definition) is 2. The lowest BCUT2D eigenvalue weighted by Crippen LogP contribution is -2.25. The molecular weight excluding hydrogens is 364 g/mol. The Balaban J connectivity index is 2.00. The van der Waals surface area contributed by atoms with Gasteiger partial charge in [-0.25, -0.2) is 0 Å². The maximum atomic E-state index is 12.3. The van der Waals surface area contributed by atoms with Crippen molar-refractivity contribution in [1.82, 2.24) is 5.32 Å². The molecule has 144 valence electrons. The summed E-state index contributed by atoms with van der Waals surface area (Å²) in [5, 5.41) is 6.04. The van der Waals surface area contributed by atoms with E-state index in [-0.39, 0.29) is 18.2 Å². The van der Waals surface area contributed by atoms with Gasteiger partial charge in [0.2, 0.25) is 5.91 Å². The lowest BCUT2D eigenvalue weighted by Gasteiger charge is -2.11. The van der Waals surface area contributed by atoms with E-state index in [4.69, 9.17) is 16.3 Å². The van der Waals surface area contributed by atoms with E-state index in [0.717, 1.165) is 17.7 Å². The van der Waals surface area contributed by atoms with Crippen LogP contribution in [0.15, 0.2) is 42.5 Å². The molecule has 2 amide bonds. The van der Waals surface area contributed by atoms with Crippen LogP contribution in [0.3, 0.4) is 0 Å². The molecule has 27 heavy (non-hydrogen) atoms. The number of nitrogens with one attached hydrogen (secondary N) is 2. The van der Waals surface area contributed by atoms with Crippen LogP contribution in [0.4, 0.5) is 5.69 Å². The Morgan fingerprint density at radius 2 is 1.81 bits per heavy atom. The quantitative estimate of drug-likeness (QED) is 0.708. The maximum absolute atomic E-state index is 12.3. The molecule has 0 aromatic heterocycles. The molecule has 5 nitrogen and oxygen atoms in total. The van der Waals surface area contributed by atoms with Crippen molar-refractivity contribution in [2.24, 2.45) is 5.92 Å². The Labute approximate surface area is 165 Å². The van der Waals surface area contributed by atoms with E-state index in [1.807, 2.05) is 12.1 Å². The first-order valence-electron chi connectivity index (χ1n) is 8.89. The molecule has 0 unspecified atom stereocenters. The second-order valence-corrected chi connectivity index (χ2v) is 7.11. The SMILES string of the molecule is COc1ccc(CC(=O)Nc2cc(C(=O)NCCC(C)C)ccc2Cl)cc1. The van der Waals surface area contributed by atoms with Gasteiger partial charge in [0, 0.05) is 12.1 Å². The van der Waals surface area contributed by atoms with Gasteiger partial charge in [0.1, 0.15) is 5.75 Å². The van der Waals surface area contributed by atoms with Gasteiger partial charge in [0.15, 0.2) is 0 Å². The highest BCUT2D eigenvalue weighted by Crippen LogP contribution is 2.23. The van der Waals surface area contributed by atoms with Crippen LogP contribution in [0.2, 0.25) is 5.02 Å². The lowest BCUT2D eigenvalue weighted by molar-refractivity contribution is -0.115. The summed E-state index contributed by atoms with van der Waals surface area (Å²) in [5.74, 6) is 0.860. The van der Waals surface area contributed by atoms with E-state index >= 15 is 0 Å². The monoisotopic (exact) mass is 388 g/mol. The van der Waals surface area contributed by atoms with Crippen LogP contribution < -0.4 is 15.4 Å². The minimum Gasteiger partial charge on any atom is -0.497 e. The average Bonchev–Trinajstić information content (AvgIpc) is 2.63. The van der Waals surface area contributed by atoms with Crippen molar-refractivity contribution in [3.63, 3.8) is 0 Å². The number of benzene rings is 2. The normalized spacial score (nSPS) is 10.6. The number of methoxy groups -OCH3 is 1. The van der Waals surface area contributed by atoms with Crippen LogP contribution in [-0.4, -0.2) is 25.5 Å². The highest BCUT2D eigenvalue weighted by atomic mass is 35.5. The fraction of sp³-hybridized carbons (Fsp3) is 0.333. The summed E-state index contributed by atoms with van der Waals surface area (Å²) < 4.78 is 5.11. The number of rotatable bonds is 8. The van der Waals surface area contributed by atoms with E-state index in [0.29, 0.717) is 28.7 Å². The van der Waals surface area contributed by atoms with Crippen LogP contribution >= 0.6 is 11.6 Å². The summed E-state index contributed by atoms with van der Waals surface area (Å²) in [5.41, 5.74) is 1.74. The lowest BCUT2D eigenvalue weighted by atomic mass is 10.1. The first-order valence-corrected chi connectivity index (χ1v) is 9.27.